The fourth-order valence-electron chi connectivity index (χ4n) is 0.860. The fraction of sp³-hybridized carbons (Fsp3) is 0.111. The van der Waals surface area contributed by atoms with Gasteiger partial charge in [-0.05, 0) is 17.7 Å². The lowest BCUT2D eigenvalue weighted by atomic mass is 10.2. The lowest BCUT2D eigenvalue weighted by molar-refractivity contribution is -0.150. The van der Waals surface area contributed by atoms with Crippen molar-refractivity contribution in [2.75, 3.05) is 0 Å². The Bertz CT molecular complexity index is 348. The van der Waals surface area contributed by atoms with Gasteiger partial charge in [0.05, 0.1) is 0 Å². The molecule has 0 saturated carbocycles. The molecule has 0 aromatic heterocycles. The molecule has 0 aliphatic carbocycles. The quantitative estimate of drug-likeness (QED) is 0.782. The Labute approximate surface area is 89.1 Å². The van der Waals surface area contributed by atoms with E-state index in [0.29, 0.717) is 0 Å². The topological polar surface area (TPSA) is 66.4 Å². The maximum Gasteiger partial charge on any atom is 0.394 e. The molecular weight excluding hydrogens is 250 g/mol. The predicted molar refractivity (Wildman–Crippen MR) is 53.6 cm³/mol. The van der Waals surface area contributed by atoms with Crippen LogP contribution in [0.15, 0.2) is 28.7 Å². The second-order valence-corrected chi connectivity index (χ2v) is 3.53. The van der Waals surface area contributed by atoms with Gasteiger partial charge in [0, 0.05) is 11.0 Å². The number of benzene rings is 1. The Morgan fingerprint density at radius 3 is 2.36 bits per heavy atom. The minimum Gasteiger partial charge on any atom is -0.474 e. The Morgan fingerprint density at radius 1 is 1.29 bits per heavy atom. The summed E-state index contributed by atoms with van der Waals surface area (Å²) < 4.78 is 0.936. The van der Waals surface area contributed by atoms with Gasteiger partial charge in [0.15, 0.2) is 0 Å². The molecule has 0 saturated heterocycles. The zero-order valence-electron chi connectivity index (χ0n) is 7.16. The van der Waals surface area contributed by atoms with Crippen LogP contribution >= 0.6 is 15.9 Å². The van der Waals surface area contributed by atoms with E-state index in [9.17, 15) is 9.59 Å². The standard InChI is InChI=1S/C9H8BrNO3/c10-7-3-1-6(2-4-7)5-11-8(12)9(13)14/h1-4H,5H2,(H,11,12)(H,13,14). The molecule has 14 heavy (non-hydrogen) atoms. The summed E-state index contributed by atoms with van der Waals surface area (Å²) in [6.45, 7) is 0.221. The van der Waals surface area contributed by atoms with Gasteiger partial charge in [-0.2, -0.15) is 0 Å². The highest BCUT2D eigenvalue weighted by Crippen LogP contribution is 2.09. The molecule has 1 aromatic carbocycles. The number of hydrogen-bond donors (Lipinski definition) is 2. The number of carboxylic acids is 1. The van der Waals surface area contributed by atoms with E-state index in [0.717, 1.165) is 10.0 Å². The van der Waals surface area contributed by atoms with Crippen molar-refractivity contribution in [3.8, 4) is 0 Å². The van der Waals surface area contributed by atoms with Gasteiger partial charge >= 0.3 is 11.9 Å². The summed E-state index contributed by atoms with van der Waals surface area (Å²) in [5.41, 5.74) is 0.850. The van der Waals surface area contributed by atoms with E-state index < -0.39 is 11.9 Å². The van der Waals surface area contributed by atoms with E-state index in [-0.39, 0.29) is 6.54 Å². The zero-order valence-corrected chi connectivity index (χ0v) is 8.74. The van der Waals surface area contributed by atoms with Crippen LogP contribution < -0.4 is 5.32 Å². The van der Waals surface area contributed by atoms with Crippen LogP contribution in [-0.4, -0.2) is 17.0 Å². The first-order chi connectivity index (χ1) is 6.59. The van der Waals surface area contributed by atoms with Crippen LogP contribution in [0.3, 0.4) is 0 Å². The molecule has 0 unspecified atom stereocenters. The monoisotopic (exact) mass is 257 g/mol. The van der Waals surface area contributed by atoms with Crippen LogP contribution in [-0.2, 0) is 16.1 Å². The summed E-state index contributed by atoms with van der Waals surface area (Å²) in [5, 5.41) is 10.5. The molecule has 74 valence electrons. The Kier molecular flexibility index (Phi) is 3.64. The third-order valence-electron chi connectivity index (χ3n) is 1.56. The van der Waals surface area contributed by atoms with Gasteiger partial charge in [-0.3, -0.25) is 4.79 Å². The summed E-state index contributed by atoms with van der Waals surface area (Å²) in [4.78, 5) is 20.8. The number of rotatable bonds is 2. The van der Waals surface area contributed by atoms with Crippen LogP contribution in [0.5, 0.6) is 0 Å². The van der Waals surface area contributed by atoms with Crippen molar-refractivity contribution in [3.05, 3.63) is 34.3 Å². The number of hydrogen-bond acceptors (Lipinski definition) is 2. The van der Waals surface area contributed by atoms with Gasteiger partial charge in [0.2, 0.25) is 0 Å². The number of nitrogens with one attached hydrogen (secondary N) is 1. The summed E-state index contributed by atoms with van der Waals surface area (Å²) >= 11 is 3.27. The lowest BCUT2D eigenvalue weighted by Gasteiger charge is -2.01. The predicted octanol–water partition coefficient (Wildman–Crippen LogP) is 1.15. The number of carboxylic acid groups (broad SMARTS) is 1. The summed E-state index contributed by atoms with van der Waals surface area (Å²) in [6.07, 6.45) is 0. The molecule has 0 atom stereocenters. The van der Waals surface area contributed by atoms with Gasteiger partial charge < -0.3 is 10.4 Å². The summed E-state index contributed by atoms with van der Waals surface area (Å²) in [5.74, 6) is -2.46. The van der Waals surface area contributed by atoms with Crippen molar-refractivity contribution in [1.82, 2.24) is 5.32 Å². The average Bonchev–Trinajstić information content (AvgIpc) is 2.16. The lowest BCUT2D eigenvalue weighted by Crippen LogP contribution is -2.29. The van der Waals surface area contributed by atoms with Gasteiger partial charge in [-0.15, -0.1) is 0 Å². The molecule has 1 amide bonds. The van der Waals surface area contributed by atoms with Crippen molar-refractivity contribution < 1.29 is 14.7 Å². The number of halogens is 1. The summed E-state index contributed by atoms with van der Waals surface area (Å²) in [7, 11) is 0. The smallest absolute Gasteiger partial charge is 0.394 e. The molecule has 0 radical (unpaired) electrons. The molecule has 5 heteroatoms. The van der Waals surface area contributed by atoms with Crippen LogP contribution in [0.4, 0.5) is 0 Å². The van der Waals surface area contributed by atoms with Crippen LogP contribution in [0, 0.1) is 0 Å². The highest BCUT2D eigenvalue weighted by molar-refractivity contribution is 9.10. The SMILES string of the molecule is O=C(O)C(=O)NCc1ccc(Br)cc1. The Balaban J connectivity index is 2.50. The minimum absolute atomic E-state index is 0.221. The molecule has 0 spiro atoms. The normalized spacial score (nSPS) is 9.50. The van der Waals surface area contributed by atoms with Gasteiger partial charge in [-0.1, -0.05) is 28.1 Å². The van der Waals surface area contributed by atoms with E-state index in [1.807, 2.05) is 12.1 Å². The van der Waals surface area contributed by atoms with Gasteiger partial charge in [0.1, 0.15) is 0 Å². The highest BCUT2D eigenvalue weighted by atomic mass is 79.9. The number of carbonyl (C=O) groups is 2. The van der Waals surface area contributed by atoms with Gasteiger partial charge in [-0.25, -0.2) is 4.79 Å². The molecule has 0 aliphatic rings. The Hall–Kier alpha value is -1.36. The number of amides is 1. The van der Waals surface area contributed by atoms with E-state index in [1.165, 1.54) is 0 Å². The van der Waals surface area contributed by atoms with E-state index in [1.54, 1.807) is 12.1 Å². The largest absolute Gasteiger partial charge is 0.474 e. The number of aliphatic carboxylic acids is 1. The molecule has 0 heterocycles. The van der Waals surface area contributed by atoms with Crippen LogP contribution in [0.2, 0.25) is 0 Å². The maximum absolute atomic E-state index is 10.7. The van der Waals surface area contributed by atoms with Crippen molar-refractivity contribution >= 4 is 27.8 Å². The van der Waals surface area contributed by atoms with E-state index >= 15 is 0 Å². The maximum atomic E-state index is 10.7. The second kappa shape index (κ2) is 4.76. The summed E-state index contributed by atoms with van der Waals surface area (Å²) in [6, 6.07) is 7.24. The molecule has 0 aliphatic heterocycles. The zero-order chi connectivity index (χ0) is 10.6. The van der Waals surface area contributed by atoms with E-state index in [2.05, 4.69) is 21.2 Å². The van der Waals surface area contributed by atoms with Crippen molar-refractivity contribution in [2.45, 2.75) is 6.54 Å². The highest BCUT2D eigenvalue weighted by Gasteiger charge is 2.09. The average molecular weight is 258 g/mol. The third kappa shape index (κ3) is 3.18. The minimum atomic E-state index is -1.47. The van der Waals surface area contributed by atoms with E-state index in [4.69, 9.17) is 5.11 Å². The molecular formula is C9H8BrNO3. The molecule has 0 bridgehead atoms. The number of carbonyl (C=O) groups excluding carboxylic acids is 1. The first-order valence-electron chi connectivity index (χ1n) is 3.85. The third-order valence-corrected chi connectivity index (χ3v) is 2.09. The van der Waals surface area contributed by atoms with Crippen molar-refractivity contribution in [2.24, 2.45) is 0 Å². The molecule has 0 fully saturated rings. The molecule has 1 rings (SSSR count). The first kappa shape index (κ1) is 10.7. The van der Waals surface area contributed by atoms with Crippen molar-refractivity contribution in [1.29, 1.82) is 0 Å². The Morgan fingerprint density at radius 2 is 1.86 bits per heavy atom. The molecule has 2 N–H and O–H groups in total. The molecule has 4 nitrogen and oxygen atoms in total. The van der Waals surface area contributed by atoms with Crippen LogP contribution in [0.25, 0.3) is 0 Å². The second-order valence-electron chi connectivity index (χ2n) is 2.61. The fourth-order valence-corrected chi connectivity index (χ4v) is 1.12. The van der Waals surface area contributed by atoms with Gasteiger partial charge in [0.25, 0.3) is 0 Å². The van der Waals surface area contributed by atoms with Crippen LogP contribution in [0.1, 0.15) is 5.56 Å². The van der Waals surface area contributed by atoms with Crippen molar-refractivity contribution in [3.63, 3.8) is 0 Å². The first-order valence-corrected chi connectivity index (χ1v) is 4.64. The molecule has 1 aromatic rings.